The normalized spacial score (nSPS) is 19.8. The molecule has 1 heterocycles. The van der Waals surface area contributed by atoms with Gasteiger partial charge in [-0.15, -0.1) is 0 Å². The monoisotopic (exact) mass is 292 g/mol. The Morgan fingerprint density at radius 3 is 2.90 bits per heavy atom. The zero-order valence-corrected chi connectivity index (χ0v) is 12.7. The van der Waals surface area contributed by atoms with Gasteiger partial charge in [0.05, 0.1) is 19.3 Å². The van der Waals surface area contributed by atoms with Crippen LogP contribution in [-0.4, -0.2) is 44.4 Å². The molecular formula is C16H24N2O3. The lowest BCUT2D eigenvalue weighted by Crippen LogP contribution is -2.46. The second-order valence-electron chi connectivity index (χ2n) is 5.52. The molecule has 1 aromatic carbocycles. The first-order valence-corrected chi connectivity index (χ1v) is 7.43. The van der Waals surface area contributed by atoms with E-state index in [1.165, 1.54) is 5.56 Å². The number of hydrogen-bond acceptors (Lipinski definition) is 4. The molecule has 2 rings (SSSR count). The molecule has 2 unspecified atom stereocenters. The third kappa shape index (κ3) is 5.73. The summed E-state index contributed by atoms with van der Waals surface area (Å²) >= 11 is 0. The maximum atomic E-state index is 11.9. The minimum atomic E-state index is -0.0247. The van der Waals surface area contributed by atoms with Crippen molar-refractivity contribution in [1.29, 1.82) is 0 Å². The Labute approximate surface area is 126 Å². The van der Waals surface area contributed by atoms with Gasteiger partial charge in [-0.1, -0.05) is 17.7 Å². The lowest BCUT2D eigenvalue weighted by atomic mass is 10.2. The Kier molecular flexibility index (Phi) is 6.02. The summed E-state index contributed by atoms with van der Waals surface area (Å²) in [5.41, 5.74) is 1.20. The van der Waals surface area contributed by atoms with E-state index < -0.39 is 0 Å². The second kappa shape index (κ2) is 8.00. The molecular weight excluding hydrogens is 268 g/mol. The maximum Gasteiger partial charge on any atom is 0.221 e. The van der Waals surface area contributed by atoms with Crippen molar-refractivity contribution in [3.63, 3.8) is 0 Å². The van der Waals surface area contributed by atoms with Gasteiger partial charge in [-0.25, -0.2) is 0 Å². The third-order valence-electron chi connectivity index (χ3n) is 3.36. The zero-order chi connectivity index (χ0) is 15.1. The Balaban J connectivity index is 1.67. The van der Waals surface area contributed by atoms with Crippen molar-refractivity contribution in [2.45, 2.75) is 32.4 Å². The highest BCUT2D eigenvalue weighted by atomic mass is 16.5. The van der Waals surface area contributed by atoms with Crippen molar-refractivity contribution in [2.75, 3.05) is 26.4 Å². The number of hydrogen-bond donors (Lipinski definition) is 2. The van der Waals surface area contributed by atoms with Crippen LogP contribution in [0.4, 0.5) is 0 Å². The minimum Gasteiger partial charge on any atom is -0.491 e. The molecule has 5 heteroatoms. The zero-order valence-electron chi connectivity index (χ0n) is 12.7. The van der Waals surface area contributed by atoms with Crippen molar-refractivity contribution < 1.29 is 14.3 Å². The summed E-state index contributed by atoms with van der Waals surface area (Å²) in [5, 5.41) is 6.22. The SMILES string of the molecule is Cc1ccc(OCC(C)NC(=O)CC2COCCN2)cc1. The van der Waals surface area contributed by atoms with Gasteiger partial charge in [0.1, 0.15) is 12.4 Å². The Morgan fingerprint density at radius 1 is 1.48 bits per heavy atom. The lowest BCUT2D eigenvalue weighted by molar-refractivity contribution is -0.123. The number of nitrogens with one attached hydrogen (secondary N) is 2. The van der Waals surface area contributed by atoms with E-state index in [-0.39, 0.29) is 18.0 Å². The molecule has 1 aliphatic rings. The molecule has 2 N–H and O–H groups in total. The van der Waals surface area contributed by atoms with Crippen LogP contribution in [0, 0.1) is 6.92 Å². The van der Waals surface area contributed by atoms with E-state index in [9.17, 15) is 4.79 Å². The largest absolute Gasteiger partial charge is 0.491 e. The number of aryl methyl sites for hydroxylation is 1. The number of morpholine rings is 1. The molecule has 0 radical (unpaired) electrons. The summed E-state index contributed by atoms with van der Waals surface area (Å²) in [6.07, 6.45) is 0.439. The van der Waals surface area contributed by atoms with E-state index in [1.807, 2.05) is 38.1 Å². The van der Waals surface area contributed by atoms with Gasteiger partial charge >= 0.3 is 0 Å². The first-order chi connectivity index (χ1) is 10.1. The average molecular weight is 292 g/mol. The quantitative estimate of drug-likeness (QED) is 0.828. The predicted molar refractivity (Wildman–Crippen MR) is 81.5 cm³/mol. The van der Waals surface area contributed by atoms with E-state index >= 15 is 0 Å². The van der Waals surface area contributed by atoms with E-state index in [4.69, 9.17) is 9.47 Å². The predicted octanol–water partition coefficient (Wildman–Crippen LogP) is 1.26. The first kappa shape index (κ1) is 15.8. The van der Waals surface area contributed by atoms with Gasteiger partial charge in [0.15, 0.2) is 0 Å². The van der Waals surface area contributed by atoms with E-state index in [0.29, 0.717) is 19.6 Å². The summed E-state index contributed by atoms with van der Waals surface area (Å²) in [5.74, 6) is 0.849. The van der Waals surface area contributed by atoms with Gasteiger partial charge in [0.2, 0.25) is 5.91 Å². The summed E-state index contributed by atoms with van der Waals surface area (Å²) < 4.78 is 11.0. The summed E-state index contributed by atoms with van der Waals surface area (Å²) in [4.78, 5) is 11.9. The highest BCUT2D eigenvalue weighted by molar-refractivity contribution is 5.76. The number of carbonyl (C=O) groups excluding carboxylic acids is 1. The summed E-state index contributed by atoms with van der Waals surface area (Å²) in [6.45, 7) is 6.57. The molecule has 5 nitrogen and oxygen atoms in total. The molecule has 0 aliphatic carbocycles. The van der Waals surface area contributed by atoms with Gasteiger partial charge in [-0.3, -0.25) is 4.79 Å². The van der Waals surface area contributed by atoms with Gasteiger partial charge in [0, 0.05) is 19.0 Å². The Morgan fingerprint density at radius 2 is 2.24 bits per heavy atom. The molecule has 21 heavy (non-hydrogen) atoms. The summed E-state index contributed by atoms with van der Waals surface area (Å²) in [7, 11) is 0. The molecule has 116 valence electrons. The smallest absolute Gasteiger partial charge is 0.221 e. The molecule has 0 spiro atoms. The fourth-order valence-electron chi connectivity index (χ4n) is 2.21. The van der Waals surface area contributed by atoms with Crippen LogP contribution in [0.25, 0.3) is 0 Å². The lowest BCUT2D eigenvalue weighted by Gasteiger charge is -2.24. The van der Waals surface area contributed by atoms with E-state index in [0.717, 1.165) is 18.9 Å². The number of carbonyl (C=O) groups is 1. The van der Waals surface area contributed by atoms with Crippen molar-refractivity contribution in [3.8, 4) is 5.75 Å². The standard InChI is InChI=1S/C16H24N2O3/c1-12-3-5-15(6-4-12)21-10-13(2)18-16(19)9-14-11-20-8-7-17-14/h3-6,13-14,17H,7-11H2,1-2H3,(H,18,19). The van der Waals surface area contributed by atoms with Gasteiger partial charge < -0.3 is 20.1 Å². The van der Waals surface area contributed by atoms with Crippen molar-refractivity contribution in [3.05, 3.63) is 29.8 Å². The van der Waals surface area contributed by atoms with Crippen molar-refractivity contribution in [2.24, 2.45) is 0 Å². The number of amides is 1. The molecule has 1 saturated heterocycles. The Hall–Kier alpha value is -1.59. The number of ether oxygens (including phenoxy) is 2. The topological polar surface area (TPSA) is 59.6 Å². The molecule has 0 bridgehead atoms. The van der Waals surface area contributed by atoms with Gasteiger partial charge in [-0.2, -0.15) is 0 Å². The molecule has 2 atom stereocenters. The van der Waals surface area contributed by atoms with E-state index in [2.05, 4.69) is 10.6 Å². The molecule has 0 saturated carbocycles. The third-order valence-corrected chi connectivity index (χ3v) is 3.36. The van der Waals surface area contributed by atoms with Crippen LogP contribution < -0.4 is 15.4 Å². The highest BCUT2D eigenvalue weighted by Crippen LogP contribution is 2.11. The minimum absolute atomic E-state index is 0.0247. The molecule has 1 amide bonds. The van der Waals surface area contributed by atoms with Crippen LogP contribution in [0.15, 0.2) is 24.3 Å². The van der Waals surface area contributed by atoms with E-state index in [1.54, 1.807) is 0 Å². The van der Waals surface area contributed by atoms with Crippen LogP contribution in [-0.2, 0) is 9.53 Å². The van der Waals surface area contributed by atoms with Crippen LogP contribution in [0.5, 0.6) is 5.75 Å². The van der Waals surface area contributed by atoms with Crippen LogP contribution >= 0.6 is 0 Å². The molecule has 1 aromatic rings. The first-order valence-electron chi connectivity index (χ1n) is 7.43. The molecule has 0 aromatic heterocycles. The maximum absolute atomic E-state index is 11.9. The highest BCUT2D eigenvalue weighted by Gasteiger charge is 2.17. The van der Waals surface area contributed by atoms with Crippen LogP contribution in [0.1, 0.15) is 18.9 Å². The van der Waals surface area contributed by atoms with Crippen molar-refractivity contribution in [1.82, 2.24) is 10.6 Å². The second-order valence-corrected chi connectivity index (χ2v) is 5.52. The van der Waals surface area contributed by atoms with Gasteiger partial charge in [-0.05, 0) is 26.0 Å². The fraction of sp³-hybridized carbons (Fsp3) is 0.562. The van der Waals surface area contributed by atoms with Crippen LogP contribution in [0.3, 0.4) is 0 Å². The number of benzene rings is 1. The van der Waals surface area contributed by atoms with Gasteiger partial charge in [0.25, 0.3) is 0 Å². The van der Waals surface area contributed by atoms with Crippen LogP contribution in [0.2, 0.25) is 0 Å². The Bertz CT molecular complexity index is 441. The average Bonchev–Trinajstić information content (AvgIpc) is 2.47. The molecule has 1 fully saturated rings. The van der Waals surface area contributed by atoms with Crippen molar-refractivity contribution >= 4 is 5.91 Å². The summed E-state index contributed by atoms with van der Waals surface area (Å²) in [6, 6.07) is 7.98. The number of rotatable bonds is 6. The molecule has 1 aliphatic heterocycles. The fourth-order valence-corrected chi connectivity index (χ4v) is 2.21.